The van der Waals surface area contributed by atoms with Crippen molar-refractivity contribution in [2.24, 2.45) is 18.4 Å². The summed E-state index contributed by atoms with van der Waals surface area (Å²) < 4.78 is 1.39. The van der Waals surface area contributed by atoms with Crippen molar-refractivity contribution in [3.05, 3.63) is 57.9 Å². The summed E-state index contributed by atoms with van der Waals surface area (Å²) >= 11 is 6.67. The molecule has 0 saturated carbocycles. The monoisotopic (exact) mass is 472 g/mol. The van der Waals surface area contributed by atoms with Crippen LogP contribution in [0, 0.1) is 11.3 Å². The Labute approximate surface area is 200 Å². The predicted octanol–water partition coefficient (Wildman–Crippen LogP) is 5.74. The molecule has 1 aliphatic heterocycles. The standard InChI is InChI=1S/C25H33ClN4O3/c1-15(2)18-14-30(21-13-20(22(31)32)28-29(21)7)23(33)27-25(18,6)17-9-8-16(19(26)12-17)10-11-24(3,4)5/h8-9,12-15H,10-11H2,1-7H3,(H,27,33)(H,31,32)/t25-/m0/s1. The number of rotatable bonds is 6. The van der Waals surface area contributed by atoms with Crippen molar-refractivity contribution < 1.29 is 14.7 Å². The highest BCUT2D eigenvalue weighted by atomic mass is 35.5. The van der Waals surface area contributed by atoms with Gasteiger partial charge in [-0.15, -0.1) is 0 Å². The Morgan fingerprint density at radius 1 is 1.27 bits per heavy atom. The Hall–Kier alpha value is -2.80. The summed E-state index contributed by atoms with van der Waals surface area (Å²) in [7, 11) is 1.61. The maximum Gasteiger partial charge on any atom is 0.356 e. The van der Waals surface area contributed by atoms with E-state index in [1.165, 1.54) is 15.6 Å². The molecule has 0 aliphatic carbocycles. The van der Waals surface area contributed by atoms with Crippen molar-refractivity contribution in [3.63, 3.8) is 0 Å². The van der Waals surface area contributed by atoms with Gasteiger partial charge in [-0.25, -0.2) is 9.59 Å². The first-order valence-corrected chi connectivity index (χ1v) is 11.5. The van der Waals surface area contributed by atoms with Gasteiger partial charge < -0.3 is 10.4 Å². The van der Waals surface area contributed by atoms with Crippen LogP contribution < -0.4 is 10.2 Å². The fraction of sp³-hybridized carbons (Fsp3) is 0.480. The van der Waals surface area contributed by atoms with E-state index < -0.39 is 11.5 Å². The minimum Gasteiger partial charge on any atom is -0.476 e. The van der Waals surface area contributed by atoms with Crippen LogP contribution in [-0.2, 0) is 19.0 Å². The number of hydrogen-bond donors (Lipinski definition) is 2. The van der Waals surface area contributed by atoms with E-state index in [2.05, 4.69) is 45.0 Å². The zero-order chi connectivity index (χ0) is 24.7. The highest BCUT2D eigenvalue weighted by molar-refractivity contribution is 6.31. The van der Waals surface area contributed by atoms with Crippen LogP contribution in [-0.4, -0.2) is 26.9 Å². The van der Waals surface area contributed by atoms with Gasteiger partial charge in [-0.3, -0.25) is 9.58 Å². The molecule has 178 valence electrons. The van der Waals surface area contributed by atoms with E-state index in [4.69, 9.17) is 11.6 Å². The SMILES string of the molecule is CC(C)C1=CN(c2cc(C(=O)O)nn2C)C(=O)N[C@@]1(C)c1ccc(CCC(C)(C)C)c(Cl)c1. The lowest BCUT2D eigenvalue weighted by Gasteiger charge is -2.42. The van der Waals surface area contributed by atoms with Crippen LogP contribution in [0.4, 0.5) is 10.6 Å². The van der Waals surface area contributed by atoms with Gasteiger partial charge in [0.25, 0.3) is 0 Å². The number of benzene rings is 1. The number of carbonyl (C=O) groups excluding carboxylic acids is 1. The van der Waals surface area contributed by atoms with E-state index in [1.54, 1.807) is 13.2 Å². The van der Waals surface area contributed by atoms with Gasteiger partial charge in [-0.05, 0) is 53.9 Å². The summed E-state index contributed by atoms with van der Waals surface area (Å²) in [6, 6.07) is 7.04. The maximum atomic E-state index is 13.2. The minimum atomic E-state index is -1.15. The van der Waals surface area contributed by atoms with Gasteiger partial charge in [-0.2, -0.15) is 5.10 Å². The fourth-order valence-corrected chi connectivity index (χ4v) is 4.44. The normalized spacial score (nSPS) is 19.0. The van der Waals surface area contributed by atoms with Gasteiger partial charge >= 0.3 is 12.0 Å². The summed E-state index contributed by atoms with van der Waals surface area (Å²) in [6.45, 7) is 12.7. The number of nitrogens with one attached hydrogen (secondary N) is 1. The third-order valence-corrected chi connectivity index (χ3v) is 6.49. The topological polar surface area (TPSA) is 87.5 Å². The first kappa shape index (κ1) is 24.8. The Morgan fingerprint density at radius 3 is 2.45 bits per heavy atom. The summed E-state index contributed by atoms with van der Waals surface area (Å²) in [6.07, 6.45) is 3.70. The van der Waals surface area contributed by atoms with Crippen LogP contribution >= 0.6 is 11.6 Å². The third-order valence-electron chi connectivity index (χ3n) is 6.14. The van der Waals surface area contributed by atoms with Gasteiger partial charge in [0.1, 0.15) is 5.82 Å². The predicted molar refractivity (Wildman–Crippen MR) is 131 cm³/mol. The highest BCUT2D eigenvalue weighted by Gasteiger charge is 2.41. The van der Waals surface area contributed by atoms with E-state index >= 15 is 0 Å². The molecule has 3 rings (SSSR count). The number of halogens is 1. The Kier molecular flexibility index (Phi) is 6.67. The van der Waals surface area contributed by atoms with E-state index in [0.717, 1.165) is 29.5 Å². The number of amides is 2. The lowest BCUT2D eigenvalue weighted by Crippen LogP contribution is -2.55. The molecule has 0 unspecified atom stereocenters. The molecule has 2 amide bonds. The van der Waals surface area contributed by atoms with Crippen LogP contribution in [0.3, 0.4) is 0 Å². The molecule has 2 aromatic rings. The number of aromatic nitrogens is 2. The molecule has 8 heteroatoms. The van der Waals surface area contributed by atoms with Gasteiger partial charge in [0.05, 0.1) is 5.54 Å². The smallest absolute Gasteiger partial charge is 0.356 e. The summed E-state index contributed by atoms with van der Waals surface area (Å²) in [5, 5.41) is 17.1. The van der Waals surface area contributed by atoms with E-state index in [0.29, 0.717) is 10.8 Å². The van der Waals surface area contributed by atoms with Gasteiger partial charge in [0.2, 0.25) is 0 Å². The largest absolute Gasteiger partial charge is 0.476 e. The van der Waals surface area contributed by atoms with Crippen molar-refractivity contribution >= 4 is 29.4 Å². The number of urea groups is 1. The molecule has 1 aromatic heterocycles. The van der Waals surface area contributed by atoms with E-state index in [1.807, 2.05) is 25.1 Å². The zero-order valence-corrected chi connectivity index (χ0v) is 21.1. The Balaban J connectivity index is 2.01. The second kappa shape index (κ2) is 8.86. The van der Waals surface area contributed by atoms with E-state index in [-0.39, 0.29) is 23.1 Å². The summed E-state index contributed by atoms with van der Waals surface area (Å²) in [4.78, 5) is 25.9. The molecule has 1 aromatic carbocycles. The van der Waals surface area contributed by atoms with Gasteiger partial charge in [0.15, 0.2) is 5.69 Å². The second-order valence-electron chi connectivity index (χ2n) is 10.3. The molecule has 0 spiro atoms. The number of anilines is 1. The number of hydrogen-bond acceptors (Lipinski definition) is 3. The van der Waals surface area contributed by atoms with Crippen molar-refractivity contribution in [1.82, 2.24) is 15.1 Å². The molecule has 0 saturated heterocycles. The average molecular weight is 473 g/mol. The second-order valence-corrected chi connectivity index (χ2v) is 10.8. The maximum absolute atomic E-state index is 13.2. The molecule has 33 heavy (non-hydrogen) atoms. The lowest BCUT2D eigenvalue weighted by atomic mass is 9.78. The van der Waals surface area contributed by atoms with E-state index in [9.17, 15) is 14.7 Å². The quantitative estimate of drug-likeness (QED) is 0.561. The van der Waals surface area contributed by atoms with Crippen LogP contribution in [0.5, 0.6) is 0 Å². The molecule has 2 N–H and O–H groups in total. The molecule has 7 nitrogen and oxygen atoms in total. The van der Waals surface area contributed by atoms with Crippen molar-refractivity contribution in [2.45, 2.75) is 59.9 Å². The number of aryl methyl sites for hydroxylation is 2. The Morgan fingerprint density at radius 2 is 1.94 bits per heavy atom. The highest BCUT2D eigenvalue weighted by Crippen LogP contribution is 2.39. The fourth-order valence-electron chi connectivity index (χ4n) is 4.17. The molecule has 1 aliphatic rings. The van der Waals surface area contributed by atoms with Gasteiger partial charge in [0, 0.05) is 24.3 Å². The zero-order valence-electron chi connectivity index (χ0n) is 20.4. The van der Waals surface area contributed by atoms with Crippen molar-refractivity contribution in [2.75, 3.05) is 4.90 Å². The first-order chi connectivity index (χ1) is 15.2. The Bertz CT molecular complexity index is 1110. The lowest BCUT2D eigenvalue weighted by molar-refractivity contribution is 0.0689. The molecule has 1 atom stereocenters. The first-order valence-electron chi connectivity index (χ1n) is 11.1. The number of aromatic carboxylic acids is 1. The van der Waals surface area contributed by atoms with Crippen LogP contribution in [0.2, 0.25) is 5.02 Å². The average Bonchev–Trinajstić information content (AvgIpc) is 3.08. The molecule has 2 heterocycles. The summed E-state index contributed by atoms with van der Waals surface area (Å²) in [5.74, 6) is -0.668. The number of carboxylic acids is 1. The van der Waals surface area contributed by atoms with Crippen molar-refractivity contribution in [3.8, 4) is 0 Å². The molecular formula is C25H33ClN4O3. The van der Waals surface area contributed by atoms with Crippen LogP contribution in [0.15, 0.2) is 36.0 Å². The van der Waals surface area contributed by atoms with Gasteiger partial charge in [-0.1, -0.05) is 58.4 Å². The minimum absolute atomic E-state index is 0.101. The molecular weight excluding hydrogens is 440 g/mol. The summed E-state index contributed by atoms with van der Waals surface area (Å²) in [5.41, 5.74) is 2.30. The molecule has 0 bridgehead atoms. The number of carbonyl (C=O) groups is 2. The third kappa shape index (κ3) is 5.08. The molecule has 0 fully saturated rings. The van der Waals surface area contributed by atoms with Crippen LogP contribution in [0.1, 0.15) is 69.6 Å². The van der Waals surface area contributed by atoms with Crippen LogP contribution in [0.25, 0.3) is 0 Å². The number of nitrogens with zero attached hydrogens (tertiary/aromatic N) is 3. The van der Waals surface area contributed by atoms with Crippen molar-refractivity contribution in [1.29, 1.82) is 0 Å². The number of carboxylic acid groups (broad SMARTS) is 1. The molecule has 0 radical (unpaired) electrons.